The zero-order chi connectivity index (χ0) is 13.4. The molecule has 1 saturated carbocycles. The molecule has 98 valence electrons. The minimum absolute atomic E-state index is 0.330. The third-order valence-corrected chi connectivity index (χ3v) is 4.26. The van der Waals surface area contributed by atoms with Gasteiger partial charge in [-0.05, 0) is 32.3 Å². The van der Waals surface area contributed by atoms with Crippen molar-refractivity contribution >= 4 is 5.97 Å². The van der Waals surface area contributed by atoms with Crippen LogP contribution < -0.4 is 4.74 Å². The Kier molecular flexibility index (Phi) is 3.20. The molecule has 1 aliphatic carbocycles. The van der Waals surface area contributed by atoms with E-state index in [9.17, 15) is 9.90 Å². The third kappa shape index (κ3) is 2.03. The Hall–Kier alpha value is -1.35. The van der Waals surface area contributed by atoms with E-state index >= 15 is 0 Å². The summed E-state index contributed by atoms with van der Waals surface area (Å²) in [6.45, 7) is 5.30. The predicted molar refractivity (Wildman–Crippen MR) is 69.6 cm³/mol. The van der Waals surface area contributed by atoms with Crippen molar-refractivity contribution in [2.24, 2.45) is 0 Å². The highest BCUT2D eigenvalue weighted by Gasteiger charge is 2.49. The Bertz CT molecular complexity index is 465. The Morgan fingerprint density at radius 2 is 1.94 bits per heavy atom. The number of carbonyl (C=O) groups is 1. The van der Waals surface area contributed by atoms with Gasteiger partial charge < -0.3 is 9.84 Å². The fraction of sp³-hybridized carbons (Fsp3) is 0.533. The molecule has 3 heteroatoms. The average Bonchev–Trinajstić information content (AvgIpc) is 2.54. The minimum Gasteiger partial charge on any atom is -0.426 e. The zero-order valence-electron chi connectivity index (χ0n) is 11.2. The molecule has 0 amide bonds. The van der Waals surface area contributed by atoms with Crippen LogP contribution in [-0.4, -0.2) is 16.7 Å². The van der Waals surface area contributed by atoms with Crippen molar-refractivity contribution in [1.29, 1.82) is 0 Å². The summed E-state index contributed by atoms with van der Waals surface area (Å²) in [5, 5.41) is 10.6. The average molecular weight is 248 g/mol. The van der Waals surface area contributed by atoms with E-state index < -0.39 is 5.60 Å². The monoisotopic (exact) mass is 248 g/mol. The second-order valence-electron chi connectivity index (χ2n) is 5.55. The van der Waals surface area contributed by atoms with E-state index in [1.54, 1.807) is 6.07 Å². The largest absolute Gasteiger partial charge is 0.426 e. The maximum Gasteiger partial charge on any atom is 0.308 e. The van der Waals surface area contributed by atoms with Crippen molar-refractivity contribution in [3.63, 3.8) is 0 Å². The molecule has 1 aliphatic rings. The van der Waals surface area contributed by atoms with Crippen LogP contribution in [0.3, 0.4) is 0 Å². The summed E-state index contributed by atoms with van der Waals surface area (Å²) in [5.41, 5.74) is -0.204. The van der Waals surface area contributed by atoms with Crippen LogP contribution >= 0.6 is 0 Å². The van der Waals surface area contributed by atoms with E-state index in [1.165, 1.54) is 6.92 Å². The molecule has 0 saturated heterocycles. The first-order valence-corrected chi connectivity index (χ1v) is 6.37. The lowest BCUT2D eigenvalue weighted by Gasteiger charge is -2.38. The van der Waals surface area contributed by atoms with E-state index in [4.69, 9.17) is 4.74 Å². The highest BCUT2D eigenvalue weighted by Crippen LogP contribution is 2.50. The summed E-state index contributed by atoms with van der Waals surface area (Å²) in [6, 6.07) is 7.49. The van der Waals surface area contributed by atoms with Crippen LogP contribution in [0.1, 0.15) is 45.6 Å². The topological polar surface area (TPSA) is 46.5 Å². The third-order valence-electron chi connectivity index (χ3n) is 4.26. The highest BCUT2D eigenvalue weighted by atomic mass is 16.5. The van der Waals surface area contributed by atoms with Crippen molar-refractivity contribution in [3.8, 4) is 5.75 Å². The Labute approximate surface area is 108 Å². The first kappa shape index (κ1) is 13.1. The van der Waals surface area contributed by atoms with Crippen molar-refractivity contribution in [2.75, 3.05) is 0 Å². The summed E-state index contributed by atoms with van der Waals surface area (Å²) in [4.78, 5) is 11.2. The van der Waals surface area contributed by atoms with Crippen LogP contribution in [0.4, 0.5) is 0 Å². The molecule has 18 heavy (non-hydrogen) atoms. The van der Waals surface area contributed by atoms with Crippen molar-refractivity contribution < 1.29 is 14.6 Å². The number of hydrogen-bond donors (Lipinski definition) is 1. The van der Waals surface area contributed by atoms with E-state index in [-0.39, 0.29) is 11.4 Å². The van der Waals surface area contributed by atoms with E-state index in [1.807, 2.05) is 32.0 Å². The van der Waals surface area contributed by atoms with Crippen LogP contribution in [0.25, 0.3) is 0 Å². The van der Waals surface area contributed by atoms with E-state index in [0.29, 0.717) is 5.75 Å². The number of aliphatic hydroxyl groups is 1. The van der Waals surface area contributed by atoms with Gasteiger partial charge in [0.15, 0.2) is 0 Å². The van der Waals surface area contributed by atoms with Gasteiger partial charge in [0.25, 0.3) is 0 Å². The maximum atomic E-state index is 11.2. The van der Waals surface area contributed by atoms with Gasteiger partial charge in [-0.1, -0.05) is 25.1 Å². The molecule has 2 unspecified atom stereocenters. The molecule has 0 heterocycles. The fourth-order valence-electron chi connectivity index (χ4n) is 2.92. The fourth-order valence-corrected chi connectivity index (χ4v) is 2.92. The van der Waals surface area contributed by atoms with Gasteiger partial charge in [0, 0.05) is 17.9 Å². The first-order valence-electron chi connectivity index (χ1n) is 6.37. The molecule has 3 nitrogen and oxygen atoms in total. The predicted octanol–water partition coefficient (Wildman–Crippen LogP) is 2.80. The second kappa shape index (κ2) is 4.39. The Morgan fingerprint density at radius 1 is 1.28 bits per heavy atom. The van der Waals surface area contributed by atoms with Crippen molar-refractivity contribution in [3.05, 3.63) is 29.8 Å². The molecule has 2 rings (SSSR count). The molecule has 1 aromatic carbocycles. The molecule has 0 aliphatic heterocycles. The molecule has 0 spiro atoms. The van der Waals surface area contributed by atoms with Crippen molar-refractivity contribution in [1.82, 2.24) is 0 Å². The molecule has 1 aromatic rings. The summed E-state index contributed by atoms with van der Waals surface area (Å²) >= 11 is 0. The summed E-state index contributed by atoms with van der Waals surface area (Å²) < 4.78 is 5.27. The number of rotatable bonds is 2. The summed E-state index contributed by atoms with van der Waals surface area (Å²) in [5.74, 6) is 0.235. The van der Waals surface area contributed by atoms with Gasteiger partial charge in [-0.2, -0.15) is 0 Å². The lowest BCUT2D eigenvalue weighted by atomic mass is 9.71. The van der Waals surface area contributed by atoms with Crippen LogP contribution in [0.5, 0.6) is 5.75 Å². The number of hydrogen-bond acceptors (Lipinski definition) is 3. The minimum atomic E-state index is -0.761. The molecule has 0 aromatic heterocycles. The Morgan fingerprint density at radius 3 is 2.50 bits per heavy atom. The lowest BCUT2D eigenvalue weighted by molar-refractivity contribution is -0.132. The lowest BCUT2D eigenvalue weighted by Crippen LogP contribution is -2.42. The molecule has 1 N–H and O–H groups in total. The molecular weight excluding hydrogens is 228 g/mol. The highest BCUT2D eigenvalue weighted by molar-refractivity contribution is 5.70. The van der Waals surface area contributed by atoms with E-state index in [2.05, 4.69) is 0 Å². The van der Waals surface area contributed by atoms with Gasteiger partial charge in [-0.3, -0.25) is 4.79 Å². The molecular formula is C15H20O3. The van der Waals surface area contributed by atoms with Crippen molar-refractivity contribution in [2.45, 2.75) is 51.0 Å². The first-order chi connectivity index (χ1) is 8.37. The number of carbonyl (C=O) groups excluding carboxylic acids is 1. The standard InChI is InChI=1S/C15H20O3/c1-11(16)18-13-8-5-4-7-12(13)14(2)9-6-10-15(14,3)17/h4-5,7-8,17H,6,9-10H2,1-3H3. The van der Waals surface area contributed by atoms with E-state index in [0.717, 1.165) is 24.8 Å². The van der Waals surface area contributed by atoms with Gasteiger partial charge in [0.05, 0.1) is 5.60 Å². The van der Waals surface area contributed by atoms with Gasteiger partial charge in [-0.15, -0.1) is 0 Å². The maximum absolute atomic E-state index is 11.2. The quantitative estimate of drug-likeness (QED) is 0.646. The normalized spacial score (nSPS) is 31.3. The SMILES string of the molecule is CC(=O)Oc1ccccc1C1(C)CCCC1(C)O. The molecule has 0 radical (unpaired) electrons. The van der Waals surface area contributed by atoms with Gasteiger partial charge in [-0.25, -0.2) is 0 Å². The molecule has 0 bridgehead atoms. The number of benzene rings is 1. The number of esters is 1. The molecule has 1 fully saturated rings. The number of ether oxygens (including phenoxy) is 1. The second-order valence-corrected chi connectivity index (χ2v) is 5.55. The molecule has 2 atom stereocenters. The van der Waals surface area contributed by atoms with Crippen LogP contribution in [-0.2, 0) is 10.2 Å². The van der Waals surface area contributed by atoms with Crippen LogP contribution in [0, 0.1) is 0 Å². The number of para-hydroxylation sites is 1. The van der Waals surface area contributed by atoms with Crippen LogP contribution in [0.2, 0.25) is 0 Å². The zero-order valence-corrected chi connectivity index (χ0v) is 11.2. The van der Waals surface area contributed by atoms with Gasteiger partial charge in [0.1, 0.15) is 5.75 Å². The summed E-state index contributed by atoms with van der Waals surface area (Å²) in [6.07, 6.45) is 2.66. The van der Waals surface area contributed by atoms with Gasteiger partial charge >= 0.3 is 5.97 Å². The smallest absolute Gasteiger partial charge is 0.308 e. The summed E-state index contributed by atoms with van der Waals surface area (Å²) in [7, 11) is 0. The van der Waals surface area contributed by atoms with Crippen LogP contribution in [0.15, 0.2) is 24.3 Å². The Balaban J connectivity index is 2.47. The van der Waals surface area contributed by atoms with Gasteiger partial charge in [0.2, 0.25) is 0 Å².